The fourth-order valence-corrected chi connectivity index (χ4v) is 4.27. The van der Waals surface area contributed by atoms with Gasteiger partial charge in [-0.2, -0.15) is 4.98 Å². The van der Waals surface area contributed by atoms with Gasteiger partial charge in [0, 0.05) is 23.5 Å². The molecule has 3 rings (SSSR count). The van der Waals surface area contributed by atoms with E-state index < -0.39 is 15.8 Å². The molecule has 0 bridgehead atoms. The van der Waals surface area contributed by atoms with Crippen molar-refractivity contribution in [1.82, 2.24) is 15.1 Å². The zero-order chi connectivity index (χ0) is 19.1. The molecule has 0 aliphatic heterocycles. The van der Waals surface area contributed by atoms with Crippen molar-refractivity contribution < 1.29 is 17.3 Å². The summed E-state index contributed by atoms with van der Waals surface area (Å²) in [7, 11) is -3.96. The second kappa shape index (κ2) is 6.56. The molecule has 0 aliphatic rings. The summed E-state index contributed by atoms with van der Waals surface area (Å²) >= 11 is 0. The molecule has 0 fully saturated rings. The van der Waals surface area contributed by atoms with Crippen LogP contribution in [0.5, 0.6) is 0 Å². The summed E-state index contributed by atoms with van der Waals surface area (Å²) in [6.07, 6.45) is 0.571. The van der Waals surface area contributed by atoms with Crippen molar-refractivity contribution in [3.63, 3.8) is 0 Å². The van der Waals surface area contributed by atoms with Crippen LogP contribution in [0.2, 0.25) is 0 Å². The van der Waals surface area contributed by atoms with Gasteiger partial charge in [-0.15, -0.1) is 0 Å². The molecule has 0 aliphatic carbocycles. The van der Waals surface area contributed by atoms with E-state index in [9.17, 15) is 12.8 Å². The molecule has 26 heavy (non-hydrogen) atoms. The number of rotatable bonds is 5. The molecular weight excluding hydrogens is 359 g/mol. The van der Waals surface area contributed by atoms with Crippen LogP contribution in [-0.4, -0.2) is 23.5 Å². The number of H-pyrrole nitrogens is 1. The Morgan fingerprint density at radius 2 is 1.96 bits per heavy atom. The Bertz CT molecular complexity index is 1070. The number of nitrogens with one attached hydrogen (secondary N) is 2. The van der Waals surface area contributed by atoms with Crippen LogP contribution in [0.3, 0.4) is 0 Å². The summed E-state index contributed by atoms with van der Waals surface area (Å²) < 4.78 is 47.1. The number of aromatic amines is 1. The van der Waals surface area contributed by atoms with Crippen LogP contribution in [0.4, 0.5) is 10.1 Å². The van der Waals surface area contributed by atoms with E-state index in [1.807, 2.05) is 6.92 Å². The van der Waals surface area contributed by atoms with Crippen molar-refractivity contribution in [1.29, 1.82) is 0 Å². The number of halogens is 1. The van der Waals surface area contributed by atoms with Crippen LogP contribution < -0.4 is 4.72 Å². The topological polar surface area (TPSA) is 101 Å². The zero-order valence-electron chi connectivity index (χ0n) is 14.8. The van der Waals surface area contributed by atoms with Crippen molar-refractivity contribution in [2.45, 2.75) is 39.0 Å². The third-order valence-electron chi connectivity index (χ3n) is 3.99. The average Bonchev–Trinajstić information content (AvgIpc) is 3.14. The standard InChI is InChI=1S/C17H19FN4O3S/c1-5-14-20-17(25-21-14)15-10(3)19-11(4)16(15)26(23,24)22-12-6-7-13(18)9(2)8-12/h6-8,19,22H,5H2,1-4H3. The van der Waals surface area contributed by atoms with Gasteiger partial charge in [-0.1, -0.05) is 12.1 Å². The summed E-state index contributed by atoms with van der Waals surface area (Å²) in [6.45, 7) is 6.83. The molecule has 2 N–H and O–H groups in total. The Morgan fingerprint density at radius 1 is 1.23 bits per heavy atom. The molecule has 0 radical (unpaired) electrons. The average molecular weight is 378 g/mol. The maximum atomic E-state index is 13.4. The predicted octanol–water partition coefficient (Wildman–Crippen LogP) is 3.49. The maximum Gasteiger partial charge on any atom is 0.264 e. The number of hydrogen-bond acceptors (Lipinski definition) is 5. The first-order valence-corrected chi connectivity index (χ1v) is 9.52. The van der Waals surface area contributed by atoms with Gasteiger partial charge in [-0.05, 0) is 44.5 Å². The van der Waals surface area contributed by atoms with E-state index in [0.717, 1.165) is 0 Å². The van der Waals surface area contributed by atoms with Gasteiger partial charge in [0.25, 0.3) is 15.9 Å². The largest absolute Gasteiger partial charge is 0.361 e. The van der Waals surface area contributed by atoms with E-state index in [-0.39, 0.29) is 16.5 Å². The minimum absolute atomic E-state index is 0.0308. The molecule has 0 saturated carbocycles. The smallest absolute Gasteiger partial charge is 0.264 e. The van der Waals surface area contributed by atoms with Crippen LogP contribution in [0.25, 0.3) is 11.5 Å². The SMILES string of the molecule is CCc1noc(-c2c(C)[nH]c(C)c2S(=O)(=O)Nc2ccc(F)c(C)c2)n1. The maximum absolute atomic E-state index is 13.4. The Kier molecular flexibility index (Phi) is 4.57. The molecule has 3 aromatic rings. The fraction of sp³-hybridized carbons (Fsp3) is 0.294. The number of sulfonamides is 1. The van der Waals surface area contributed by atoms with E-state index in [1.165, 1.54) is 18.2 Å². The highest BCUT2D eigenvalue weighted by Crippen LogP contribution is 2.33. The van der Waals surface area contributed by atoms with Gasteiger partial charge < -0.3 is 9.51 Å². The molecule has 2 heterocycles. The highest BCUT2D eigenvalue weighted by Gasteiger charge is 2.29. The molecule has 0 spiro atoms. The van der Waals surface area contributed by atoms with E-state index in [0.29, 0.717) is 34.8 Å². The zero-order valence-corrected chi connectivity index (χ0v) is 15.7. The second-order valence-corrected chi connectivity index (χ2v) is 7.64. The number of aryl methyl sites for hydroxylation is 4. The number of benzene rings is 1. The van der Waals surface area contributed by atoms with E-state index in [4.69, 9.17) is 4.52 Å². The highest BCUT2D eigenvalue weighted by atomic mass is 32.2. The molecule has 2 aromatic heterocycles. The highest BCUT2D eigenvalue weighted by molar-refractivity contribution is 7.93. The molecule has 9 heteroatoms. The lowest BCUT2D eigenvalue weighted by Gasteiger charge is -2.10. The van der Waals surface area contributed by atoms with Gasteiger partial charge in [-0.3, -0.25) is 4.72 Å². The first-order valence-electron chi connectivity index (χ1n) is 8.04. The van der Waals surface area contributed by atoms with Gasteiger partial charge in [-0.25, -0.2) is 12.8 Å². The van der Waals surface area contributed by atoms with Crippen LogP contribution in [0, 0.1) is 26.6 Å². The molecule has 0 amide bonds. The van der Waals surface area contributed by atoms with Crippen LogP contribution in [0.15, 0.2) is 27.6 Å². The normalized spacial score (nSPS) is 11.7. The lowest BCUT2D eigenvalue weighted by molar-refractivity contribution is 0.422. The van der Waals surface area contributed by atoms with Gasteiger partial charge >= 0.3 is 0 Å². The van der Waals surface area contributed by atoms with Gasteiger partial charge in [0.2, 0.25) is 0 Å². The van der Waals surface area contributed by atoms with Gasteiger partial charge in [0.1, 0.15) is 10.7 Å². The molecule has 0 saturated heterocycles. The molecule has 138 valence electrons. The lowest BCUT2D eigenvalue weighted by atomic mass is 10.2. The summed E-state index contributed by atoms with van der Waals surface area (Å²) in [5, 5.41) is 3.83. The first-order chi connectivity index (χ1) is 12.2. The lowest BCUT2D eigenvalue weighted by Crippen LogP contribution is -2.14. The first kappa shape index (κ1) is 18.1. The predicted molar refractivity (Wildman–Crippen MR) is 94.9 cm³/mol. The van der Waals surface area contributed by atoms with Crippen LogP contribution >= 0.6 is 0 Å². The van der Waals surface area contributed by atoms with Crippen LogP contribution in [0.1, 0.15) is 29.7 Å². The summed E-state index contributed by atoms with van der Waals surface area (Å²) in [4.78, 5) is 7.28. The summed E-state index contributed by atoms with van der Waals surface area (Å²) in [6, 6.07) is 4.02. The number of hydrogen-bond donors (Lipinski definition) is 2. The minimum atomic E-state index is -3.96. The third-order valence-corrected chi connectivity index (χ3v) is 5.55. The van der Waals surface area contributed by atoms with Crippen molar-refractivity contribution >= 4 is 15.7 Å². The monoisotopic (exact) mass is 378 g/mol. The van der Waals surface area contributed by atoms with Crippen LogP contribution in [-0.2, 0) is 16.4 Å². The Balaban J connectivity index is 2.08. The number of aromatic nitrogens is 3. The molecular formula is C17H19FN4O3S. The van der Waals surface area contributed by atoms with Gasteiger partial charge in [0.05, 0.1) is 5.56 Å². The fourth-order valence-electron chi connectivity index (χ4n) is 2.77. The number of nitrogens with zero attached hydrogens (tertiary/aromatic N) is 2. The Hall–Kier alpha value is -2.68. The molecule has 1 aromatic carbocycles. The van der Waals surface area contributed by atoms with E-state index >= 15 is 0 Å². The third kappa shape index (κ3) is 3.22. The minimum Gasteiger partial charge on any atom is -0.361 e. The van der Waals surface area contributed by atoms with Crippen molar-refractivity contribution in [3.05, 3.63) is 46.8 Å². The molecule has 0 atom stereocenters. The second-order valence-electron chi connectivity index (χ2n) is 6.02. The Morgan fingerprint density at radius 3 is 2.58 bits per heavy atom. The van der Waals surface area contributed by atoms with Crippen molar-refractivity contribution in [2.75, 3.05) is 4.72 Å². The molecule has 7 nitrogen and oxygen atoms in total. The van der Waals surface area contributed by atoms with E-state index in [2.05, 4.69) is 19.8 Å². The van der Waals surface area contributed by atoms with Crippen molar-refractivity contribution in [2.24, 2.45) is 0 Å². The Labute approximate surface area is 150 Å². The van der Waals surface area contributed by atoms with Gasteiger partial charge in [0.15, 0.2) is 5.82 Å². The quantitative estimate of drug-likeness (QED) is 0.708. The summed E-state index contributed by atoms with van der Waals surface area (Å²) in [5.41, 5.74) is 2.00. The number of anilines is 1. The summed E-state index contributed by atoms with van der Waals surface area (Å²) in [5.74, 6) is 0.225. The molecule has 0 unspecified atom stereocenters. The van der Waals surface area contributed by atoms with Crippen molar-refractivity contribution in [3.8, 4) is 11.5 Å². The van der Waals surface area contributed by atoms with E-state index in [1.54, 1.807) is 20.8 Å².